The fourth-order valence-electron chi connectivity index (χ4n) is 1.45. The summed E-state index contributed by atoms with van der Waals surface area (Å²) in [5, 5.41) is 3.81. The summed E-state index contributed by atoms with van der Waals surface area (Å²) in [5.74, 6) is -0.0141. The Morgan fingerprint density at radius 1 is 1.29 bits per heavy atom. The Bertz CT molecular complexity index is 525. The van der Waals surface area contributed by atoms with Gasteiger partial charge in [0.25, 0.3) is 0 Å². The van der Waals surface area contributed by atoms with Crippen molar-refractivity contribution in [1.82, 2.24) is 5.43 Å². The standard InChI is InChI=1S/C14H18F2N2O3/c1-9(17-18-13(19)21-14(2,3)4)10-7-5-6-8-11(10)20-12(15)16/h5-8,12H,1-4H3,(H,18,19)/b17-9-. The highest BCUT2D eigenvalue weighted by molar-refractivity contribution is 6.01. The van der Waals surface area contributed by atoms with E-state index in [0.717, 1.165) is 0 Å². The lowest BCUT2D eigenvalue weighted by Crippen LogP contribution is -2.30. The van der Waals surface area contributed by atoms with Gasteiger partial charge in [-0.05, 0) is 39.8 Å². The third-order valence-electron chi connectivity index (χ3n) is 2.21. The molecule has 1 amide bonds. The number of hydrogen-bond donors (Lipinski definition) is 1. The predicted octanol–water partition coefficient (Wildman–Crippen LogP) is 3.54. The van der Waals surface area contributed by atoms with Crippen molar-refractivity contribution < 1.29 is 23.0 Å². The van der Waals surface area contributed by atoms with E-state index in [1.165, 1.54) is 6.07 Å². The number of benzene rings is 1. The molecular weight excluding hydrogens is 282 g/mol. The molecule has 0 fully saturated rings. The highest BCUT2D eigenvalue weighted by Gasteiger charge is 2.16. The van der Waals surface area contributed by atoms with E-state index >= 15 is 0 Å². The Hall–Kier alpha value is -2.18. The minimum Gasteiger partial charge on any atom is -0.443 e. The van der Waals surface area contributed by atoms with Crippen molar-refractivity contribution in [3.8, 4) is 5.75 Å². The SMILES string of the molecule is C/C(=N/NC(=O)OC(C)(C)C)c1ccccc1OC(F)F. The zero-order chi connectivity index (χ0) is 16.0. The molecular formula is C14H18F2N2O3. The third-order valence-corrected chi connectivity index (χ3v) is 2.21. The maximum Gasteiger partial charge on any atom is 0.428 e. The molecule has 0 aliphatic heterocycles. The summed E-state index contributed by atoms with van der Waals surface area (Å²) in [6.07, 6.45) is -0.728. The van der Waals surface area contributed by atoms with Gasteiger partial charge in [0.05, 0.1) is 5.71 Å². The molecule has 0 saturated heterocycles. The van der Waals surface area contributed by atoms with E-state index < -0.39 is 18.3 Å². The predicted molar refractivity (Wildman–Crippen MR) is 74.7 cm³/mol. The summed E-state index contributed by atoms with van der Waals surface area (Å²) in [5.41, 5.74) is 2.23. The van der Waals surface area contributed by atoms with Crippen molar-refractivity contribution in [3.63, 3.8) is 0 Å². The number of rotatable bonds is 4. The quantitative estimate of drug-likeness (QED) is 0.683. The van der Waals surface area contributed by atoms with Gasteiger partial charge < -0.3 is 9.47 Å². The molecule has 0 unspecified atom stereocenters. The first-order valence-corrected chi connectivity index (χ1v) is 6.26. The summed E-state index contributed by atoms with van der Waals surface area (Å²) in [6.45, 7) is 3.78. The second kappa shape index (κ2) is 7.01. The number of carbonyl (C=O) groups excluding carboxylic acids is 1. The van der Waals surface area contributed by atoms with E-state index in [9.17, 15) is 13.6 Å². The van der Waals surface area contributed by atoms with Gasteiger partial charge in [0.15, 0.2) is 0 Å². The molecule has 1 N–H and O–H groups in total. The second-order valence-electron chi connectivity index (χ2n) is 5.19. The highest BCUT2D eigenvalue weighted by Crippen LogP contribution is 2.20. The molecule has 0 bridgehead atoms. The van der Waals surface area contributed by atoms with Crippen LogP contribution in [-0.2, 0) is 4.74 Å². The van der Waals surface area contributed by atoms with Gasteiger partial charge in [-0.3, -0.25) is 0 Å². The fraction of sp³-hybridized carbons (Fsp3) is 0.429. The minimum absolute atomic E-state index is 0.0141. The normalized spacial score (nSPS) is 12.2. The van der Waals surface area contributed by atoms with E-state index in [4.69, 9.17) is 4.74 Å². The Kier molecular flexibility index (Phi) is 5.63. The summed E-state index contributed by atoms with van der Waals surface area (Å²) in [6, 6.07) is 6.18. The number of nitrogens with one attached hydrogen (secondary N) is 1. The largest absolute Gasteiger partial charge is 0.443 e. The number of nitrogens with zero attached hydrogens (tertiary/aromatic N) is 1. The third kappa shape index (κ3) is 6.20. The molecule has 1 aromatic rings. The number of para-hydroxylation sites is 1. The topological polar surface area (TPSA) is 59.9 Å². The highest BCUT2D eigenvalue weighted by atomic mass is 19.3. The first-order valence-electron chi connectivity index (χ1n) is 6.26. The fourth-order valence-corrected chi connectivity index (χ4v) is 1.45. The molecule has 0 aliphatic carbocycles. The molecule has 5 nitrogen and oxygen atoms in total. The van der Waals surface area contributed by atoms with E-state index in [0.29, 0.717) is 11.3 Å². The molecule has 0 saturated carbocycles. The molecule has 0 aliphatic rings. The van der Waals surface area contributed by atoms with Crippen molar-refractivity contribution in [3.05, 3.63) is 29.8 Å². The molecule has 0 atom stereocenters. The van der Waals surface area contributed by atoms with Gasteiger partial charge in [0.2, 0.25) is 0 Å². The van der Waals surface area contributed by atoms with Crippen LogP contribution in [-0.4, -0.2) is 24.0 Å². The molecule has 0 aromatic heterocycles. The number of halogens is 2. The lowest BCUT2D eigenvalue weighted by Gasteiger charge is -2.18. The van der Waals surface area contributed by atoms with Gasteiger partial charge in [-0.2, -0.15) is 13.9 Å². The number of carbonyl (C=O) groups is 1. The first kappa shape index (κ1) is 16.9. The van der Waals surface area contributed by atoms with Crippen LogP contribution in [0.5, 0.6) is 5.75 Å². The lowest BCUT2D eigenvalue weighted by molar-refractivity contribution is -0.0499. The van der Waals surface area contributed by atoms with Crippen LogP contribution in [0, 0.1) is 0 Å². The smallest absolute Gasteiger partial charge is 0.428 e. The molecule has 0 heterocycles. The van der Waals surface area contributed by atoms with Crippen molar-refractivity contribution in [2.45, 2.75) is 39.9 Å². The van der Waals surface area contributed by atoms with Crippen LogP contribution in [0.3, 0.4) is 0 Å². The zero-order valence-electron chi connectivity index (χ0n) is 12.3. The van der Waals surface area contributed by atoms with Crippen LogP contribution in [0.2, 0.25) is 0 Å². The Balaban J connectivity index is 2.81. The average molecular weight is 300 g/mol. The van der Waals surface area contributed by atoms with E-state index in [1.54, 1.807) is 45.9 Å². The van der Waals surface area contributed by atoms with E-state index in [2.05, 4.69) is 15.3 Å². The molecule has 1 aromatic carbocycles. The van der Waals surface area contributed by atoms with Crippen molar-refractivity contribution >= 4 is 11.8 Å². The van der Waals surface area contributed by atoms with Gasteiger partial charge in [0.1, 0.15) is 11.4 Å². The zero-order valence-corrected chi connectivity index (χ0v) is 12.3. The van der Waals surface area contributed by atoms with Crippen LogP contribution in [0.25, 0.3) is 0 Å². The van der Waals surface area contributed by atoms with Gasteiger partial charge >= 0.3 is 12.7 Å². The number of amides is 1. The van der Waals surface area contributed by atoms with E-state index in [-0.39, 0.29) is 5.75 Å². The number of ether oxygens (including phenoxy) is 2. The van der Waals surface area contributed by atoms with Crippen LogP contribution < -0.4 is 10.2 Å². The molecule has 116 valence electrons. The Labute approximate surface area is 121 Å². The summed E-state index contributed by atoms with van der Waals surface area (Å²) in [4.78, 5) is 11.5. The summed E-state index contributed by atoms with van der Waals surface area (Å²) in [7, 11) is 0. The maximum absolute atomic E-state index is 12.3. The molecule has 21 heavy (non-hydrogen) atoms. The van der Waals surface area contributed by atoms with Crippen LogP contribution >= 0.6 is 0 Å². The number of hydrazone groups is 1. The summed E-state index contributed by atoms with van der Waals surface area (Å²) < 4.78 is 34.0. The second-order valence-corrected chi connectivity index (χ2v) is 5.19. The minimum atomic E-state index is -2.93. The molecule has 1 rings (SSSR count). The molecule has 7 heteroatoms. The van der Waals surface area contributed by atoms with Gasteiger partial charge in [-0.15, -0.1) is 0 Å². The summed E-state index contributed by atoms with van der Waals surface area (Å²) >= 11 is 0. The van der Waals surface area contributed by atoms with Crippen LogP contribution in [0.4, 0.5) is 13.6 Å². The molecule has 0 radical (unpaired) electrons. The van der Waals surface area contributed by atoms with Crippen molar-refractivity contribution in [2.75, 3.05) is 0 Å². The first-order chi connectivity index (χ1) is 9.69. The number of alkyl halides is 2. The average Bonchev–Trinajstić information content (AvgIpc) is 2.34. The molecule has 0 spiro atoms. The Morgan fingerprint density at radius 3 is 2.48 bits per heavy atom. The van der Waals surface area contributed by atoms with Crippen molar-refractivity contribution in [1.29, 1.82) is 0 Å². The van der Waals surface area contributed by atoms with E-state index in [1.807, 2.05) is 0 Å². The van der Waals surface area contributed by atoms with Crippen LogP contribution in [0.15, 0.2) is 29.4 Å². The number of hydrogen-bond acceptors (Lipinski definition) is 4. The van der Waals surface area contributed by atoms with Gasteiger partial charge in [0, 0.05) is 5.56 Å². The Morgan fingerprint density at radius 2 is 1.90 bits per heavy atom. The monoisotopic (exact) mass is 300 g/mol. The van der Waals surface area contributed by atoms with Crippen LogP contribution in [0.1, 0.15) is 33.3 Å². The van der Waals surface area contributed by atoms with Gasteiger partial charge in [-0.25, -0.2) is 10.2 Å². The van der Waals surface area contributed by atoms with Gasteiger partial charge in [-0.1, -0.05) is 12.1 Å². The van der Waals surface area contributed by atoms with Crippen molar-refractivity contribution in [2.24, 2.45) is 5.10 Å². The lowest BCUT2D eigenvalue weighted by atomic mass is 10.1. The maximum atomic E-state index is 12.3.